The first-order valence-corrected chi connectivity index (χ1v) is 5.69. The molecule has 98 valence electrons. The molecule has 1 rings (SSSR count). The second kappa shape index (κ2) is 6.05. The van der Waals surface area contributed by atoms with Gasteiger partial charge >= 0.3 is 11.9 Å². The van der Waals surface area contributed by atoms with Crippen molar-refractivity contribution in [3.63, 3.8) is 0 Å². The Hall–Kier alpha value is -2.04. The molecule has 5 nitrogen and oxygen atoms in total. The fourth-order valence-corrected chi connectivity index (χ4v) is 1.84. The summed E-state index contributed by atoms with van der Waals surface area (Å²) < 4.78 is 5.11. The van der Waals surface area contributed by atoms with Crippen molar-refractivity contribution in [1.29, 1.82) is 0 Å². The van der Waals surface area contributed by atoms with Crippen molar-refractivity contribution < 1.29 is 24.5 Å². The molecule has 0 saturated heterocycles. The molecule has 0 aliphatic rings. The van der Waals surface area contributed by atoms with E-state index in [1.165, 1.54) is 19.2 Å². The minimum absolute atomic E-state index is 0.171. The van der Waals surface area contributed by atoms with Crippen LogP contribution in [0.4, 0.5) is 0 Å². The summed E-state index contributed by atoms with van der Waals surface area (Å²) in [6.45, 7) is 1.98. The SMILES string of the molecule is CCCCc1c(OC)ccc(C(=O)O)c1C(=O)O. The van der Waals surface area contributed by atoms with Crippen molar-refractivity contribution in [2.24, 2.45) is 0 Å². The van der Waals surface area contributed by atoms with Crippen molar-refractivity contribution in [2.45, 2.75) is 26.2 Å². The van der Waals surface area contributed by atoms with Crippen molar-refractivity contribution >= 4 is 11.9 Å². The highest BCUT2D eigenvalue weighted by molar-refractivity contribution is 6.03. The van der Waals surface area contributed by atoms with Crippen LogP contribution in [0.1, 0.15) is 46.0 Å². The summed E-state index contributed by atoms with van der Waals surface area (Å²) in [4.78, 5) is 22.3. The standard InChI is InChI=1S/C13H16O5/c1-3-4-5-8-10(18-2)7-6-9(12(14)15)11(8)13(16)17/h6-7H,3-5H2,1-2H3,(H,14,15)(H,16,17). The van der Waals surface area contributed by atoms with Gasteiger partial charge in [0, 0.05) is 5.56 Å². The van der Waals surface area contributed by atoms with Gasteiger partial charge < -0.3 is 14.9 Å². The Kier molecular flexibility index (Phi) is 4.71. The number of carbonyl (C=O) groups is 2. The Bertz CT molecular complexity index is 465. The second-order valence-electron chi connectivity index (χ2n) is 3.88. The van der Waals surface area contributed by atoms with Crippen LogP contribution in [-0.4, -0.2) is 29.3 Å². The van der Waals surface area contributed by atoms with Gasteiger partial charge in [-0.1, -0.05) is 13.3 Å². The molecule has 0 aromatic heterocycles. The highest BCUT2D eigenvalue weighted by Crippen LogP contribution is 2.27. The number of benzene rings is 1. The van der Waals surface area contributed by atoms with Crippen LogP contribution in [-0.2, 0) is 6.42 Å². The first-order chi connectivity index (χ1) is 8.52. The highest BCUT2D eigenvalue weighted by atomic mass is 16.5. The van der Waals surface area contributed by atoms with Gasteiger partial charge in [0.15, 0.2) is 0 Å². The second-order valence-corrected chi connectivity index (χ2v) is 3.88. The number of carboxylic acid groups (broad SMARTS) is 2. The predicted molar refractivity (Wildman–Crippen MR) is 65.5 cm³/mol. The quantitative estimate of drug-likeness (QED) is 0.812. The number of hydrogen-bond donors (Lipinski definition) is 2. The summed E-state index contributed by atoms with van der Waals surface area (Å²) in [5.74, 6) is -2.06. The minimum Gasteiger partial charge on any atom is -0.496 e. The zero-order valence-electron chi connectivity index (χ0n) is 10.4. The Labute approximate surface area is 105 Å². The molecule has 0 aliphatic heterocycles. The third kappa shape index (κ3) is 2.80. The lowest BCUT2D eigenvalue weighted by atomic mass is 9.96. The van der Waals surface area contributed by atoms with E-state index in [1.807, 2.05) is 6.92 Å². The van der Waals surface area contributed by atoms with Crippen LogP contribution in [0.2, 0.25) is 0 Å². The first kappa shape index (κ1) is 14.0. The maximum Gasteiger partial charge on any atom is 0.336 e. The molecule has 0 aliphatic carbocycles. The fourth-order valence-electron chi connectivity index (χ4n) is 1.84. The number of rotatable bonds is 6. The van der Waals surface area contributed by atoms with E-state index < -0.39 is 11.9 Å². The number of aromatic carboxylic acids is 2. The monoisotopic (exact) mass is 252 g/mol. The fraction of sp³-hybridized carbons (Fsp3) is 0.385. The molecule has 18 heavy (non-hydrogen) atoms. The van der Waals surface area contributed by atoms with Gasteiger partial charge in [0.2, 0.25) is 0 Å². The molecule has 0 spiro atoms. The molecule has 1 aromatic carbocycles. The molecule has 0 amide bonds. The van der Waals surface area contributed by atoms with Gasteiger partial charge in [0.1, 0.15) is 5.75 Å². The summed E-state index contributed by atoms with van der Waals surface area (Å²) in [7, 11) is 1.44. The van der Waals surface area contributed by atoms with Gasteiger partial charge in [-0.15, -0.1) is 0 Å². The van der Waals surface area contributed by atoms with E-state index in [2.05, 4.69) is 0 Å². The van der Waals surface area contributed by atoms with Gasteiger partial charge in [-0.05, 0) is 25.0 Å². The maximum absolute atomic E-state index is 11.3. The molecule has 0 heterocycles. The smallest absolute Gasteiger partial charge is 0.336 e. The van der Waals surface area contributed by atoms with Crippen LogP contribution in [0.5, 0.6) is 5.75 Å². The largest absolute Gasteiger partial charge is 0.496 e. The summed E-state index contributed by atoms with van der Waals surface area (Å²) in [6, 6.07) is 2.76. The molecule has 0 bridgehead atoms. The van der Waals surface area contributed by atoms with Crippen LogP contribution in [0.15, 0.2) is 12.1 Å². The predicted octanol–water partition coefficient (Wildman–Crippen LogP) is 2.43. The molecule has 0 atom stereocenters. The van der Waals surface area contributed by atoms with Crippen LogP contribution >= 0.6 is 0 Å². The number of unbranched alkanes of at least 4 members (excludes halogenated alkanes) is 1. The Morgan fingerprint density at radius 1 is 1.22 bits per heavy atom. The Morgan fingerprint density at radius 3 is 2.33 bits per heavy atom. The van der Waals surface area contributed by atoms with E-state index in [-0.39, 0.29) is 11.1 Å². The molecular weight excluding hydrogens is 236 g/mol. The number of methoxy groups -OCH3 is 1. The van der Waals surface area contributed by atoms with E-state index in [0.717, 1.165) is 12.8 Å². The van der Waals surface area contributed by atoms with Crippen molar-refractivity contribution in [3.8, 4) is 5.75 Å². The third-order valence-electron chi connectivity index (χ3n) is 2.71. The molecule has 0 unspecified atom stereocenters. The zero-order chi connectivity index (χ0) is 13.7. The number of ether oxygens (including phenoxy) is 1. The average Bonchev–Trinajstić information content (AvgIpc) is 2.34. The third-order valence-corrected chi connectivity index (χ3v) is 2.71. The van der Waals surface area contributed by atoms with E-state index in [4.69, 9.17) is 9.84 Å². The highest BCUT2D eigenvalue weighted by Gasteiger charge is 2.22. The van der Waals surface area contributed by atoms with Crippen LogP contribution in [0, 0.1) is 0 Å². The number of hydrogen-bond acceptors (Lipinski definition) is 3. The summed E-state index contributed by atoms with van der Waals surface area (Å²) in [5.41, 5.74) is 0.0800. The lowest BCUT2D eigenvalue weighted by Gasteiger charge is -2.13. The van der Waals surface area contributed by atoms with Crippen LogP contribution in [0.25, 0.3) is 0 Å². The molecule has 0 radical (unpaired) electrons. The average molecular weight is 252 g/mol. The van der Waals surface area contributed by atoms with Gasteiger partial charge in [0.05, 0.1) is 18.2 Å². The van der Waals surface area contributed by atoms with Crippen LogP contribution in [0.3, 0.4) is 0 Å². The molecule has 0 saturated carbocycles. The summed E-state index contributed by atoms with van der Waals surface area (Å²) >= 11 is 0. The van der Waals surface area contributed by atoms with Gasteiger partial charge in [-0.25, -0.2) is 9.59 Å². The molecule has 2 N–H and O–H groups in total. The van der Waals surface area contributed by atoms with E-state index >= 15 is 0 Å². The Balaban J connectivity index is 3.43. The van der Waals surface area contributed by atoms with Crippen molar-refractivity contribution in [2.75, 3.05) is 7.11 Å². The van der Waals surface area contributed by atoms with E-state index in [9.17, 15) is 14.7 Å². The van der Waals surface area contributed by atoms with Gasteiger partial charge in [0.25, 0.3) is 0 Å². The lowest BCUT2D eigenvalue weighted by molar-refractivity contribution is 0.0650. The van der Waals surface area contributed by atoms with E-state index in [1.54, 1.807) is 0 Å². The number of carboxylic acids is 2. The first-order valence-electron chi connectivity index (χ1n) is 5.69. The topological polar surface area (TPSA) is 83.8 Å². The normalized spacial score (nSPS) is 10.1. The summed E-state index contributed by atoms with van der Waals surface area (Å²) in [6.07, 6.45) is 2.15. The molecular formula is C13H16O5. The van der Waals surface area contributed by atoms with Crippen molar-refractivity contribution in [1.82, 2.24) is 0 Å². The molecule has 0 fully saturated rings. The molecule has 1 aromatic rings. The molecule has 5 heteroatoms. The van der Waals surface area contributed by atoms with Gasteiger partial charge in [-0.2, -0.15) is 0 Å². The zero-order valence-corrected chi connectivity index (χ0v) is 10.4. The lowest BCUT2D eigenvalue weighted by Crippen LogP contribution is -2.12. The minimum atomic E-state index is -1.24. The van der Waals surface area contributed by atoms with Crippen molar-refractivity contribution in [3.05, 3.63) is 28.8 Å². The van der Waals surface area contributed by atoms with Crippen LogP contribution < -0.4 is 4.74 Å². The Morgan fingerprint density at radius 2 is 1.89 bits per heavy atom. The van der Waals surface area contributed by atoms with Gasteiger partial charge in [-0.3, -0.25) is 0 Å². The maximum atomic E-state index is 11.3. The van der Waals surface area contributed by atoms with E-state index in [0.29, 0.717) is 17.7 Å². The summed E-state index contributed by atoms with van der Waals surface area (Å²) in [5, 5.41) is 18.2.